The Morgan fingerprint density at radius 2 is 2.00 bits per heavy atom. The van der Waals surface area contributed by atoms with Crippen molar-refractivity contribution in [2.45, 2.75) is 51.6 Å². The minimum atomic E-state index is 0.113. The van der Waals surface area contributed by atoms with E-state index in [-0.39, 0.29) is 5.41 Å². The highest BCUT2D eigenvalue weighted by Crippen LogP contribution is 2.34. The van der Waals surface area contributed by atoms with Crippen molar-refractivity contribution in [2.24, 2.45) is 0 Å². The molecule has 1 saturated heterocycles. The van der Waals surface area contributed by atoms with Crippen molar-refractivity contribution >= 4 is 16.5 Å². The number of aromatic nitrogens is 1. The number of ether oxygens (including phenoxy) is 1. The van der Waals surface area contributed by atoms with Crippen molar-refractivity contribution in [1.82, 2.24) is 10.3 Å². The van der Waals surface area contributed by atoms with Gasteiger partial charge < -0.3 is 15.0 Å². The minimum absolute atomic E-state index is 0.113. The molecule has 1 aromatic rings. The van der Waals surface area contributed by atoms with Gasteiger partial charge in [-0.1, -0.05) is 20.8 Å². The lowest BCUT2D eigenvalue weighted by molar-refractivity contribution is 0.122. The molecule has 0 radical (unpaired) electrons. The van der Waals surface area contributed by atoms with E-state index in [0.717, 1.165) is 38.9 Å². The van der Waals surface area contributed by atoms with Crippen LogP contribution in [-0.2, 0) is 16.7 Å². The first-order valence-corrected chi connectivity index (χ1v) is 8.42. The van der Waals surface area contributed by atoms with Crippen LogP contribution < -0.4 is 10.2 Å². The van der Waals surface area contributed by atoms with Crippen LogP contribution >= 0.6 is 11.3 Å². The predicted molar refractivity (Wildman–Crippen MR) is 83.7 cm³/mol. The second kappa shape index (κ2) is 5.62. The summed E-state index contributed by atoms with van der Waals surface area (Å²) >= 11 is 1.86. The van der Waals surface area contributed by atoms with Gasteiger partial charge >= 0.3 is 0 Å². The zero-order valence-electron chi connectivity index (χ0n) is 12.7. The quantitative estimate of drug-likeness (QED) is 0.926. The number of nitrogens with zero attached hydrogens (tertiary/aromatic N) is 2. The predicted octanol–water partition coefficient (Wildman–Crippen LogP) is 2.53. The standard InChI is InChI=1S/C15H25N3OS/c1-15(2,3)13-12(10-16-11-4-5-11)20-14(17-13)18-6-8-19-9-7-18/h11,16H,4-10H2,1-3H3. The Morgan fingerprint density at radius 1 is 1.30 bits per heavy atom. The molecule has 4 nitrogen and oxygen atoms in total. The summed E-state index contributed by atoms with van der Waals surface area (Å²) in [7, 11) is 0. The molecule has 2 heterocycles. The molecule has 1 aliphatic carbocycles. The van der Waals surface area contributed by atoms with Gasteiger partial charge in [-0.2, -0.15) is 0 Å². The first-order valence-electron chi connectivity index (χ1n) is 7.60. The molecule has 0 atom stereocenters. The maximum atomic E-state index is 5.44. The van der Waals surface area contributed by atoms with E-state index < -0.39 is 0 Å². The molecule has 1 N–H and O–H groups in total. The summed E-state index contributed by atoms with van der Waals surface area (Å²) in [6.07, 6.45) is 2.67. The molecule has 5 heteroatoms. The van der Waals surface area contributed by atoms with E-state index in [1.54, 1.807) is 0 Å². The highest BCUT2D eigenvalue weighted by molar-refractivity contribution is 7.15. The third-order valence-corrected chi connectivity index (χ3v) is 4.92. The number of nitrogens with one attached hydrogen (secondary N) is 1. The number of rotatable bonds is 4. The van der Waals surface area contributed by atoms with Crippen molar-refractivity contribution in [3.63, 3.8) is 0 Å². The van der Waals surface area contributed by atoms with Gasteiger partial charge in [0.25, 0.3) is 0 Å². The van der Waals surface area contributed by atoms with Crippen LogP contribution in [0.1, 0.15) is 44.2 Å². The molecule has 1 aliphatic heterocycles. The Bertz CT molecular complexity index is 456. The van der Waals surface area contributed by atoms with E-state index >= 15 is 0 Å². The fourth-order valence-corrected chi connectivity index (χ4v) is 3.73. The third-order valence-electron chi connectivity index (χ3n) is 3.81. The van der Waals surface area contributed by atoms with Crippen molar-refractivity contribution in [3.05, 3.63) is 10.6 Å². The first kappa shape index (κ1) is 14.3. The molecule has 2 aliphatic rings. The minimum Gasteiger partial charge on any atom is -0.378 e. The van der Waals surface area contributed by atoms with Crippen LogP contribution in [-0.4, -0.2) is 37.3 Å². The molecule has 0 bridgehead atoms. The SMILES string of the molecule is CC(C)(C)c1nc(N2CCOCC2)sc1CNC1CC1. The Morgan fingerprint density at radius 3 is 2.60 bits per heavy atom. The Labute approximate surface area is 125 Å². The van der Waals surface area contributed by atoms with Crippen LogP contribution in [0.2, 0.25) is 0 Å². The van der Waals surface area contributed by atoms with Crippen molar-refractivity contribution in [3.8, 4) is 0 Å². The second-order valence-corrected chi connectivity index (χ2v) is 7.83. The summed E-state index contributed by atoms with van der Waals surface area (Å²) in [5, 5.41) is 4.80. The van der Waals surface area contributed by atoms with Gasteiger partial charge in [-0.3, -0.25) is 0 Å². The number of morpholine rings is 1. The molecule has 0 unspecified atom stereocenters. The molecule has 2 fully saturated rings. The molecular weight excluding hydrogens is 270 g/mol. The van der Waals surface area contributed by atoms with Crippen molar-refractivity contribution in [1.29, 1.82) is 0 Å². The van der Waals surface area contributed by atoms with E-state index in [2.05, 4.69) is 31.0 Å². The van der Waals surface area contributed by atoms with Crippen LogP contribution in [0.3, 0.4) is 0 Å². The van der Waals surface area contributed by atoms with Crippen LogP contribution in [0.4, 0.5) is 5.13 Å². The van der Waals surface area contributed by atoms with Crippen molar-refractivity contribution < 1.29 is 4.74 Å². The van der Waals surface area contributed by atoms with Gasteiger partial charge in [-0.25, -0.2) is 4.98 Å². The average molecular weight is 295 g/mol. The van der Waals surface area contributed by atoms with Crippen LogP contribution in [0.5, 0.6) is 0 Å². The maximum absolute atomic E-state index is 5.44. The van der Waals surface area contributed by atoms with Crippen LogP contribution in [0, 0.1) is 0 Å². The number of anilines is 1. The van der Waals surface area contributed by atoms with Crippen LogP contribution in [0.25, 0.3) is 0 Å². The van der Waals surface area contributed by atoms with Crippen LogP contribution in [0.15, 0.2) is 0 Å². The second-order valence-electron chi connectivity index (χ2n) is 6.77. The first-order chi connectivity index (χ1) is 9.54. The summed E-state index contributed by atoms with van der Waals surface area (Å²) in [6.45, 7) is 11.3. The number of hydrogen-bond donors (Lipinski definition) is 1. The molecule has 1 saturated carbocycles. The van der Waals surface area contributed by atoms with E-state index in [9.17, 15) is 0 Å². The summed E-state index contributed by atoms with van der Waals surface area (Å²) in [4.78, 5) is 8.73. The average Bonchev–Trinajstić information content (AvgIpc) is 3.14. The molecule has 1 aromatic heterocycles. The fraction of sp³-hybridized carbons (Fsp3) is 0.800. The van der Waals surface area contributed by atoms with Gasteiger partial charge in [0.15, 0.2) is 5.13 Å². The Hall–Kier alpha value is -0.650. The van der Waals surface area contributed by atoms with E-state index in [1.807, 2.05) is 11.3 Å². The van der Waals surface area contributed by atoms with E-state index in [1.165, 1.54) is 28.5 Å². The van der Waals surface area contributed by atoms with Gasteiger partial charge in [-0.05, 0) is 12.8 Å². The molecule has 20 heavy (non-hydrogen) atoms. The number of thiazole rings is 1. The zero-order chi connectivity index (χ0) is 14.2. The lowest BCUT2D eigenvalue weighted by atomic mass is 9.91. The van der Waals surface area contributed by atoms with Gasteiger partial charge in [0.1, 0.15) is 0 Å². The molecule has 3 rings (SSSR count). The smallest absolute Gasteiger partial charge is 0.186 e. The lowest BCUT2D eigenvalue weighted by Crippen LogP contribution is -2.36. The van der Waals surface area contributed by atoms with E-state index in [4.69, 9.17) is 9.72 Å². The molecule has 112 valence electrons. The third kappa shape index (κ3) is 3.32. The maximum Gasteiger partial charge on any atom is 0.186 e. The highest BCUT2D eigenvalue weighted by atomic mass is 32.1. The van der Waals surface area contributed by atoms with Gasteiger partial charge in [-0.15, -0.1) is 11.3 Å². The summed E-state index contributed by atoms with van der Waals surface area (Å²) in [6, 6.07) is 0.747. The topological polar surface area (TPSA) is 37.4 Å². The van der Waals surface area contributed by atoms with Crippen molar-refractivity contribution in [2.75, 3.05) is 31.2 Å². The molecule has 0 aromatic carbocycles. The number of hydrogen-bond acceptors (Lipinski definition) is 5. The normalized spacial score (nSPS) is 20.4. The highest BCUT2D eigenvalue weighted by Gasteiger charge is 2.27. The zero-order valence-corrected chi connectivity index (χ0v) is 13.6. The summed E-state index contributed by atoms with van der Waals surface area (Å²) in [5.41, 5.74) is 1.37. The fourth-order valence-electron chi connectivity index (χ4n) is 2.46. The summed E-state index contributed by atoms with van der Waals surface area (Å²) in [5.74, 6) is 0. The Balaban J connectivity index is 1.79. The Kier molecular flexibility index (Phi) is 4.02. The van der Waals surface area contributed by atoms with E-state index in [0.29, 0.717) is 0 Å². The molecule has 0 spiro atoms. The molecular formula is C15H25N3OS. The van der Waals surface area contributed by atoms with Gasteiger partial charge in [0.05, 0.1) is 18.9 Å². The van der Waals surface area contributed by atoms with Gasteiger partial charge in [0, 0.05) is 36.0 Å². The lowest BCUT2D eigenvalue weighted by Gasteiger charge is -2.26. The monoisotopic (exact) mass is 295 g/mol. The molecule has 0 amide bonds. The van der Waals surface area contributed by atoms with Gasteiger partial charge in [0.2, 0.25) is 0 Å². The largest absolute Gasteiger partial charge is 0.378 e. The summed E-state index contributed by atoms with van der Waals surface area (Å²) < 4.78 is 5.44.